The third-order valence-corrected chi connectivity index (χ3v) is 3.27. The second-order valence-corrected chi connectivity index (χ2v) is 5.15. The van der Waals surface area contributed by atoms with Gasteiger partial charge in [-0.1, -0.05) is 20.8 Å². The van der Waals surface area contributed by atoms with E-state index in [1.807, 2.05) is 20.8 Å². The quantitative estimate of drug-likeness (QED) is 0.357. The zero-order valence-corrected chi connectivity index (χ0v) is 10.1. The van der Waals surface area contributed by atoms with Crippen molar-refractivity contribution in [3.63, 3.8) is 0 Å². The molecule has 15 heavy (non-hydrogen) atoms. The van der Waals surface area contributed by atoms with Crippen molar-refractivity contribution in [3.8, 4) is 0 Å². The van der Waals surface area contributed by atoms with Gasteiger partial charge >= 0.3 is 7.82 Å². The van der Waals surface area contributed by atoms with Crippen LogP contribution in [0.3, 0.4) is 0 Å². The molecule has 0 aliphatic rings. The Morgan fingerprint density at radius 2 is 1.87 bits per heavy atom. The molecule has 0 saturated heterocycles. The van der Waals surface area contributed by atoms with E-state index >= 15 is 0 Å². The Kier molecular flexibility index (Phi) is 5.95. The molecule has 0 spiro atoms. The second-order valence-electron chi connectivity index (χ2n) is 3.91. The van der Waals surface area contributed by atoms with Gasteiger partial charge in [0.1, 0.15) is 0 Å². The maximum absolute atomic E-state index is 10.6. The van der Waals surface area contributed by atoms with Crippen molar-refractivity contribution in [1.82, 2.24) is 0 Å². The van der Waals surface area contributed by atoms with Gasteiger partial charge in [0, 0.05) is 5.41 Å². The third-order valence-electron chi connectivity index (χ3n) is 2.80. The van der Waals surface area contributed by atoms with E-state index in [0.29, 0.717) is 6.42 Å². The molecule has 0 radical (unpaired) electrons. The van der Waals surface area contributed by atoms with Crippen LogP contribution in [-0.4, -0.2) is 28.3 Å². The zero-order chi connectivity index (χ0) is 12.1. The van der Waals surface area contributed by atoms with Gasteiger partial charge in [0.05, 0.1) is 13.2 Å². The van der Waals surface area contributed by atoms with Crippen molar-refractivity contribution < 1.29 is 29.0 Å². The van der Waals surface area contributed by atoms with Crippen molar-refractivity contribution >= 4 is 7.82 Å². The van der Waals surface area contributed by atoms with E-state index in [1.165, 1.54) is 0 Å². The monoisotopic (exact) mass is 242 g/mol. The molecule has 0 aliphatic heterocycles. The summed E-state index contributed by atoms with van der Waals surface area (Å²) in [5, 5.41) is 8.46. The van der Waals surface area contributed by atoms with Crippen LogP contribution >= 0.6 is 7.82 Å². The lowest BCUT2D eigenvalue weighted by Crippen LogP contribution is -2.36. The highest BCUT2D eigenvalue weighted by atomic mass is 31.2. The molecular weight excluding hydrogens is 223 g/mol. The molecular formula is C8H19O6P. The van der Waals surface area contributed by atoms with Crippen LogP contribution in [0.4, 0.5) is 0 Å². The Bertz CT molecular complexity index is 225. The van der Waals surface area contributed by atoms with Crippen molar-refractivity contribution in [2.45, 2.75) is 27.2 Å². The number of phosphoric ester groups is 1. The van der Waals surface area contributed by atoms with Gasteiger partial charge in [-0.3, -0.25) is 9.78 Å². The van der Waals surface area contributed by atoms with Crippen LogP contribution in [0, 0.1) is 11.3 Å². The topological polar surface area (TPSA) is 96.2 Å². The van der Waals surface area contributed by atoms with Crippen LogP contribution in [0.1, 0.15) is 27.2 Å². The van der Waals surface area contributed by atoms with Gasteiger partial charge in [0.25, 0.3) is 0 Å². The third kappa shape index (κ3) is 5.06. The van der Waals surface area contributed by atoms with E-state index in [0.717, 1.165) is 0 Å². The number of hydrogen-bond acceptors (Lipinski definition) is 4. The molecule has 0 fully saturated rings. The molecule has 6 nitrogen and oxygen atoms in total. The van der Waals surface area contributed by atoms with Gasteiger partial charge in [-0.15, -0.1) is 0 Å². The maximum Gasteiger partial charge on any atom is 0.469 e. The Hall–Kier alpha value is 0.0300. The van der Waals surface area contributed by atoms with Crippen LogP contribution in [0.5, 0.6) is 0 Å². The first-order valence-electron chi connectivity index (χ1n) is 4.74. The van der Waals surface area contributed by atoms with Gasteiger partial charge < -0.3 is 9.79 Å². The average Bonchev–Trinajstić information content (AvgIpc) is 2.10. The number of hydrogen-bond donors (Lipinski definition) is 3. The minimum Gasteiger partial charge on any atom is -0.303 e. The lowest BCUT2D eigenvalue weighted by atomic mass is 9.76. The van der Waals surface area contributed by atoms with Gasteiger partial charge in [-0.05, 0) is 12.3 Å². The molecule has 1 atom stereocenters. The highest BCUT2D eigenvalue weighted by Gasteiger charge is 2.35. The van der Waals surface area contributed by atoms with Crippen molar-refractivity contribution in [1.29, 1.82) is 0 Å². The largest absolute Gasteiger partial charge is 0.469 e. The van der Waals surface area contributed by atoms with Gasteiger partial charge in [0.2, 0.25) is 0 Å². The zero-order valence-electron chi connectivity index (χ0n) is 9.21. The number of rotatable bonds is 7. The molecule has 0 aromatic rings. The Morgan fingerprint density at radius 3 is 2.13 bits per heavy atom. The minimum absolute atomic E-state index is 0.0127. The fourth-order valence-corrected chi connectivity index (χ4v) is 1.75. The summed E-state index contributed by atoms with van der Waals surface area (Å²) in [4.78, 5) is 21.3. The van der Waals surface area contributed by atoms with E-state index in [1.54, 1.807) is 0 Å². The van der Waals surface area contributed by atoms with E-state index in [-0.39, 0.29) is 19.1 Å². The van der Waals surface area contributed by atoms with Crippen molar-refractivity contribution in [3.05, 3.63) is 0 Å². The average molecular weight is 242 g/mol. The molecule has 0 saturated carbocycles. The highest BCUT2D eigenvalue weighted by molar-refractivity contribution is 7.46. The minimum atomic E-state index is -4.48. The maximum atomic E-state index is 10.6. The standard InChI is InChI=1S/C8H19O6P/c1-4-8(5-13-9,7(2)3)6-14-15(10,11)12/h7,9H,4-6H2,1-3H3,(H2,10,11,12). The van der Waals surface area contributed by atoms with Gasteiger partial charge in [0.15, 0.2) is 0 Å². The second kappa shape index (κ2) is 5.94. The molecule has 92 valence electrons. The molecule has 7 heteroatoms. The van der Waals surface area contributed by atoms with E-state index in [4.69, 9.17) is 15.0 Å². The van der Waals surface area contributed by atoms with Crippen LogP contribution in [0.2, 0.25) is 0 Å². The molecule has 0 amide bonds. The van der Waals surface area contributed by atoms with E-state index in [9.17, 15) is 4.57 Å². The van der Waals surface area contributed by atoms with Gasteiger partial charge in [-0.25, -0.2) is 9.45 Å². The summed E-state index contributed by atoms with van der Waals surface area (Å²) in [7, 11) is -4.48. The number of phosphoric acid groups is 1. The summed E-state index contributed by atoms with van der Waals surface area (Å²) >= 11 is 0. The van der Waals surface area contributed by atoms with Crippen LogP contribution in [0.15, 0.2) is 0 Å². The predicted octanol–water partition coefficient (Wildman–Crippen LogP) is 1.64. The summed E-state index contributed by atoms with van der Waals surface area (Å²) in [5.74, 6) is 0.0706. The summed E-state index contributed by atoms with van der Waals surface area (Å²) < 4.78 is 15.1. The molecule has 0 aromatic heterocycles. The van der Waals surface area contributed by atoms with Crippen LogP contribution in [-0.2, 0) is 14.0 Å². The molecule has 1 unspecified atom stereocenters. The molecule has 0 aromatic carbocycles. The smallest absolute Gasteiger partial charge is 0.303 e. The molecule has 0 rings (SSSR count). The first-order chi connectivity index (χ1) is 6.77. The highest BCUT2D eigenvalue weighted by Crippen LogP contribution is 2.41. The van der Waals surface area contributed by atoms with Crippen LogP contribution in [0.25, 0.3) is 0 Å². The molecule has 0 heterocycles. The van der Waals surface area contributed by atoms with Crippen LogP contribution < -0.4 is 0 Å². The fourth-order valence-electron chi connectivity index (χ4n) is 1.33. The van der Waals surface area contributed by atoms with Crippen molar-refractivity contribution in [2.24, 2.45) is 11.3 Å². The fraction of sp³-hybridized carbons (Fsp3) is 1.00. The van der Waals surface area contributed by atoms with E-state index in [2.05, 4.69) is 9.41 Å². The lowest BCUT2D eigenvalue weighted by molar-refractivity contribution is -0.270. The first-order valence-corrected chi connectivity index (χ1v) is 6.27. The molecule has 0 bridgehead atoms. The Morgan fingerprint density at radius 1 is 1.33 bits per heavy atom. The molecule has 0 aliphatic carbocycles. The summed E-state index contributed by atoms with van der Waals surface area (Å²) in [6.07, 6.45) is 0.589. The molecule has 3 N–H and O–H groups in total. The Labute approximate surface area is 89.4 Å². The summed E-state index contributed by atoms with van der Waals surface area (Å²) in [5.41, 5.74) is -0.587. The summed E-state index contributed by atoms with van der Waals surface area (Å²) in [6, 6.07) is 0. The lowest BCUT2D eigenvalue weighted by Gasteiger charge is -2.34. The summed E-state index contributed by atoms with van der Waals surface area (Å²) in [6.45, 7) is 5.45. The van der Waals surface area contributed by atoms with E-state index < -0.39 is 13.2 Å². The normalized spacial score (nSPS) is 16.7. The van der Waals surface area contributed by atoms with Crippen molar-refractivity contribution in [2.75, 3.05) is 13.2 Å². The SMILES string of the molecule is CCC(COO)(COP(=O)(O)O)C(C)C. The predicted molar refractivity (Wildman–Crippen MR) is 54.1 cm³/mol. The van der Waals surface area contributed by atoms with Gasteiger partial charge in [-0.2, -0.15) is 0 Å². The first kappa shape index (κ1) is 15.0. The Balaban J connectivity index is 4.55.